The molecule has 0 saturated heterocycles. The number of carbonyl (C=O) groups excluding carboxylic acids is 1. The molecule has 1 aliphatic rings. The molecule has 0 fully saturated rings. The highest BCUT2D eigenvalue weighted by Gasteiger charge is 2.29. The van der Waals surface area contributed by atoms with Gasteiger partial charge in [-0.05, 0) is 29.3 Å². The minimum Gasteiger partial charge on any atom is -0.493 e. The number of rotatable bonds is 6. The number of carboxylic acid groups (broad SMARTS) is 1. The van der Waals surface area contributed by atoms with Gasteiger partial charge in [0.25, 0.3) is 5.91 Å². The Balaban J connectivity index is 1.70. The Morgan fingerprint density at radius 2 is 2.07 bits per heavy atom. The second-order valence-corrected chi connectivity index (χ2v) is 6.00. The standard InChI is InChI=1S/C18H15F3N2O5/c19-18(20,21)9-28-14-4-2-12(8-22-14)16(24)23-15(17(25)26)11-1-3-13-10(7-11)5-6-27-13/h1-4,7-8,15H,5-6,9H2,(H,23,24)(H,25,26). The third-order valence-corrected chi connectivity index (χ3v) is 3.95. The number of benzene rings is 1. The number of halogens is 3. The van der Waals surface area contributed by atoms with Crippen molar-refractivity contribution in [1.82, 2.24) is 10.3 Å². The number of fused-ring (bicyclic) bond motifs is 1. The highest BCUT2D eigenvalue weighted by Crippen LogP contribution is 2.28. The van der Waals surface area contributed by atoms with E-state index in [-0.39, 0.29) is 11.4 Å². The first-order valence-corrected chi connectivity index (χ1v) is 8.18. The van der Waals surface area contributed by atoms with Crippen molar-refractivity contribution in [3.8, 4) is 11.6 Å². The molecular formula is C18H15F3N2O5. The number of hydrogen-bond acceptors (Lipinski definition) is 5. The van der Waals surface area contributed by atoms with E-state index in [0.717, 1.165) is 17.8 Å². The van der Waals surface area contributed by atoms with Gasteiger partial charge in [0, 0.05) is 18.7 Å². The lowest BCUT2D eigenvalue weighted by molar-refractivity contribution is -0.154. The molecule has 1 aromatic heterocycles. The summed E-state index contributed by atoms with van der Waals surface area (Å²) < 4.78 is 46.2. The summed E-state index contributed by atoms with van der Waals surface area (Å²) in [6, 6.07) is 5.85. The second-order valence-electron chi connectivity index (χ2n) is 6.00. The lowest BCUT2D eigenvalue weighted by atomic mass is 10.0. The predicted molar refractivity (Wildman–Crippen MR) is 89.3 cm³/mol. The number of alkyl halides is 3. The van der Waals surface area contributed by atoms with Gasteiger partial charge in [-0.25, -0.2) is 9.78 Å². The lowest BCUT2D eigenvalue weighted by Crippen LogP contribution is -2.33. The first-order valence-electron chi connectivity index (χ1n) is 8.18. The molecule has 2 heterocycles. The van der Waals surface area contributed by atoms with Gasteiger partial charge in [-0.15, -0.1) is 0 Å². The van der Waals surface area contributed by atoms with Crippen LogP contribution in [0, 0.1) is 0 Å². The van der Waals surface area contributed by atoms with E-state index in [1.54, 1.807) is 18.2 Å². The van der Waals surface area contributed by atoms with Gasteiger partial charge < -0.3 is 19.9 Å². The van der Waals surface area contributed by atoms with Crippen LogP contribution >= 0.6 is 0 Å². The number of hydrogen-bond donors (Lipinski definition) is 2. The quantitative estimate of drug-likeness (QED) is 0.779. The van der Waals surface area contributed by atoms with E-state index in [4.69, 9.17) is 4.74 Å². The van der Waals surface area contributed by atoms with E-state index in [0.29, 0.717) is 24.3 Å². The third kappa shape index (κ3) is 4.70. The molecule has 3 rings (SSSR count). The minimum atomic E-state index is -4.51. The van der Waals surface area contributed by atoms with Crippen molar-refractivity contribution in [3.05, 3.63) is 53.2 Å². The molecule has 1 aromatic carbocycles. The number of ether oxygens (including phenoxy) is 2. The highest BCUT2D eigenvalue weighted by molar-refractivity contribution is 5.96. The minimum absolute atomic E-state index is 0.0184. The molecule has 0 aliphatic carbocycles. The maximum Gasteiger partial charge on any atom is 0.422 e. The van der Waals surface area contributed by atoms with Crippen LogP contribution in [0.1, 0.15) is 27.5 Å². The smallest absolute Gasteiger partial charge is 0.422 e. The number of pyridine rings is 1. The Morgan fingerprint density at radius 1 is 1.29 bits per heavy atom. The molecule has 28 heavy (non-hydrogen) atoms. The summed E-state index contributed by atoms with van der Waals surface area (Å²) in [5.74, 6) is -1.62. The Hall–Kier alpha value is -3.30. The van der Waals surface area contributed by atoms with E-state index in [1.165, 1.54) is 6.07 Å². The summed E-state index contributed by atoms with van der Waals surface area (Å²) >= 11 is 0. The van der Waals surface area contributed by atoms with E-state index < -0.39 is 30.7 Å². The molecule has 10 heteroatoms. The van der Waals surface area contributed by atoms with Gasteiger partial charge in [-0.3, -0.25) is 4.79 Å². The first kappa shape index (κ1) is 19.5. The van der Waals surface area contributed by atoms with Crippen LogP contribution in [0.15, 0.2) is 36.5 Å². The molecule has 2 N–H and O–H groups in total. The number of carboxylic acids is 1. The fraction of sp³-hybridized carbons (Fsp3) is 0.278. The van der Waals surface area contributed by atoms with Crippen molar-refractivity contribution in [1.29, 1.82) is 0 Å². The normalized spacial score (nSPS) is 14.0. The largest absolute Gasteiger partial charge is 0.493 e. The summed E-state index contributed by atoms with van der Waals surface area (Å²) in [6.45, 7) is -0.994. The zero-order valence-electron chi connectivity index (χ0n) is 14.3. The molecule has 1 atom stereocenters. The second kappa shape index (κ2) is 7.75. The van der Waals surface area contributed by atoms with E-state index in [1.807, 2.05) is 0 Å². The molecule has 0 spiro atoms. The van der Waals surface area contributed by atoms with Gasteiger partial charge in [0.1, 0.15) is 5.75 Å². The summed E-state index contributed by atoms with van der Waals surface area (Å²) in [5, 5.41) is 11.8. The van der Waals surface area contributed by atoms with Crippen molar-refractivity contribution in [2.75, 3.05) is 13.2 Å². The SMILES string of the molecule is O=C(NC(C(=O)O)c1ccc2c(c1)CCO2)c1ccc(OCC(F)(F)F)nc1. The Labute approximate surface area is 157 Å². The van der Waals surface area contributed by atoms with Crippen LogP contribution in [0.25, 0.3) is 0 Å². The van der Waals surface area contributed by atoms with Crippen LogP contribution in [0.5, 0.6) is 11.6 Å². The van der Waals surface area contributed by atoms with Crippen molar-refractivity contribution >= 4 is 11.9 Å². The summed E-state index contributed by atoms with van der Waals surface area (Å²) in [6.07, 6.45) is -2.85. The molecular weight excluding hydrogens is 381 g/mol. The van der Waals surface area contributed by atoms with Crippen LogP contribution < -0.4 is 14.8 Å². The summed E-state index contributed by atoms with van der Waals surface area (Å²) in [4.78, 5) is 27.6. The van der Waals surface area contributed by atoms with Crippen molar-refractivity contribution in [2.24, 2.45) is 0 Å². The Kier molecular flexibility index (Phi) is 5.39. The zero-order chi connectivity index (χ0) is 20.3. The number of nitrogens with zero attached hydrogens (tertiary/aromatic N) is 1. The van der Waals surface area contributed by atoms with Gasteiger partial charge in [0.2, 0.25) is 5.88 Å². The summed E-state index contributed by atoms with van der Waals surface area (Å²) in [7, 11) is 0. The van der Waals surface area contributed by atoms with Gasteiger partial charge >= 0.3 is 12.1 Å². The predicted octanol–water partition coefficient (Wildman–Crippen LogP) is 2.51. The van der Waals surface area contributed by atoms with E-state index in [9.17, 15) is 27.9 Å². The number of carbonyl (C=O) groups is 2. The van der Waals surface area contributed by atoms with Crippen LogP contribution in [0.2, 0.25) is 0 Å². The molecule has 1 unspecified atom stereocenters. The van der Waals surface area contributed by atoms with Gasteiger partial charge in [-0.1, -0.05) is 6.07 Å². The molecule has 2 aromatic rings. The molecule has 0 saturated carbocycles. The van der Waals surface area contributed by atoms with Crippen LogP contribution in [0.3, 0.4) is 0 Å². The monoisotopic (exact) mass is 396 g/mol. The van der Waals surface area contributed by atoms with E-state index >= 15 is 0 Å². The maximum atomic E-state index is 12.3. The molecule has 148 valence electrons. The summed E-state index contributed by atoms with van der Waals surface area (Å²) in [5.41, 5.74) is 1.21. The van der Waals surface area contributed by atoms with Crippen LogP contribution in [-0.2, 0) is 11.2 Å². The van der Waals surface area contributed by atoms with Gasteiger partial charge in [0.15, 0.2) is 12.6 Å². The van der Waals surface area contributed by atoms with Gasteiger partial charge in [0.05, 0.1) is 12.2 Å². The number of aliphatic carboxylic acids is 1. The van der Waals surface area contributed by atoms with Gasteiger partial charge in [-0.2, -0.15) is 13.2 Å². The molecule has 0 bridgehead atoms. The molecule has 0 radical (unpaired) electrons. The number of nitrogens with one attached hydrogen (secondary N) is 1. The van der Waals surface area contributed by atoms with Crippen molar-refractivity contribution in [3.63, 3.8) is 0 Å². The Bertz CT molecular complexity index is 884. The van der Waals surface area contributed by atoms with E-state index in [2.05, 4.69) is 15.0 Å². The third-order valence-electron chi connectivity index (χ3n) is 3.95. The zero-order valence-corrected chi connectivity index (χ0v) is 14.3. The van der Waals surface area contributed by atoms with Crippen LogP contribution in [0.4, 0.5) is 13.2 Å². The highest BCUT2D eigenvalue weighted by atomic mass is 19.4. The lowest BCUT2D eigenvalue weighted by Gasteiger charge is -2.16. The fourth-order valence-corrected chi connectivity index (χ4v) is 2.64. The maximum absolute atomic E-state index is 12.3. The molecule has 1 amide bonds. The van der Waals surface area contributed by atoms with Crippen LogP contribution in [-0.4, -0.2) is 41.4 Å². The average molecular weight is 396 g/mol. The number of aromatic nitrogens is 1. The van der Waals surface area contributed by atoms with Crippen molar-refractivity contribution < 1.29 is 37.3 Å². The first-order chi connectivity index (χ1) is 13.2. The Morgan fingerprint density at radius 3 is 2.71 bits per heavy atom. The molecule has 1 aliphatic heterocycles. The molecule has 7 nitrogen and oxygen atoms in total. The topological polar surface area (TPSA) is 97.8 Å². The average Bonchev–Trinajstić information content (AvgIpc) is 3.11. The fourth-order valence-electron chi connectivity index (χ4n) is 2.64. The van der Waals surface area contributed by atoms with Crippen molar-refractivity contribution in [2.45, 2.75) is 18.6 Å². The number of amides is 1.